The molecule has 0 heterocycles. The van der Waals surface area contributed by atoms with Gasteiger partial charge in [-0.3, -0.25) is 4.79 Å². The number of hydrogen-bond donors (Lipinski definition) is 1. The van der Waals surface area contributed by atoms with E-state index in [1.807, 2.05) is 75.4 Å². The summed E-state index contributed by atoms with van der Waals surface area (Å²) in [6, 6.07) is 17.5. The lowest BCUT2D eigenvalue weighted by Crippen LogP contribution is -2.59. The smallest absolute Gasteiger partial charge is 0.226 e. The molecule has 2 aromatic rings. The minimum atomic E-state index is -1.33. The van der Waals surface area contributed by atoms with Gasteiger partial charge in [0.1, 0.15) is 17.9 Å². The van der Waals surface area contributed by atoms with Crippen LogP contribution in [0.4, 0.5) is 0 Å². The fraction of sp³-hybridized carbons (Fsp3) is 0.567. The highest BCUT2D eigenvalue weighted by Crippen LogP contribution is 2.59. The first-order valence-electron chi connectivity index (χ1n) is 12.8. The first-order valence-corrected chi connectivity index (χ1v) is 12.8. The van der Waals surface area contributed by atoms with Gasteiger partial charge in [0.15, 0.2) is 0 Å². The monoisotopic (exact) mass is 480 g/mol. The molecule has 192 valence electrons. The second kappa shape index (κ2) is 11.8. The Bertz CT molecular complexity index is 934. The second-order valence-corrected chi connectivity index (χ2v) is 11.7. The molecule has 5 heteroatoms. The summed E-state index contributed by atoms with van der Waals surface area (Å²) in [5, 5.41) is 3.84. The molecule has 0 aliphatic heterocycles. The zero-order valence-corrected chi connectivity index (χ0v) is 22.6. The van der Waals surface area contributed by atoms with E-state index in [2.05, 4.69) is 32.9 Å². The number of benzene rings is 2. The van der Waals surface area contributed by atoms with E-state index in [0.29, 0.717) is 42.6 Å². The lowest BCUT2D eigenvalue weighted by Gasteiger charge is -2.52. The number of carbonyl (C=O) groups is 1. The highest BCUT2D eigenvalue weighted by Gasteiger charge is 2.63. The van der Waals surface area contributed by atoms with Crippen LogP contribution in [0.1, 0.15) is 85.3 Å². The van der Waals surface area contributed by atoms with Crippen molar-refractivity contribution in [1.29, 1.82) is 0 Å². The van der Waals surface area contributed by atoms with E-state index in [-0.39, 0.29) is 0 Å². The Kier molecular flexibility index (Phi) is 9.65. The summed E-state index contributed by atoms with van der Waals surface area (Å²) in [4.78, 5) is 26.4. The van der Waals surface area contributed by atoms with Gasteiger partial charge in [-0.05, 0) is 66.2 Å². The van der Waals surface area contributed by atoms with Crippen LogP contribution in [0.15, 0.2) is 59.8 Å². The Morgan fingerprint density at radius 1 is 0.886 bits per heavy atom. The predicted octanol–water partition coefficient (Wildman–Crippen LogP) is 7.62. The number of hydrogen-bond acceptors (Lipinski definition) is 4. The summed E-state index contributed by atoms with van der Waals surface area (Å²) in [6.07, 6.45) is 2.60. The van der Waals surface area contributed by atoms with Crippen molar-refractivity contribution < 1.29 is 9.53 Å². The maximum absolute atomic E-state index is 13.4. The van der Waals surface area contributed by atoms with Gasteiger partial charge in [-0.15, -0.1) is 4.91 Å². The molecule has 0 aliphatic carbocycles. The fourth-order valence-corrected chi connectivity index (χ4v) is 5.22. The summed E-state index contributed by atoms with van der Waals surface area (Å²) >= 11 is 0. The SMILES string of the molecule is CC(C)CCC(CCC(C)C)(C(N)=O)C(N=O)(c1ccc(OCc2ccccc2)cc1)C(C)(C)C. The number of nitrogens with two attached hydrogens (primary N) is 1. The Balaban J connectivity index is 2.58. The van der Waals surface area contributed by atoms with E-state index in [1.54, 1.807) is 0 Å². The van der Waals surface area contributed by atoms with E-state index in [0.717, 1.165) is 18.4 Å². The predicted molar refractivity (Wildman–Crippen MR) is 144 cm³/mol. The third-order valence-electron chi connectivity index (χ3n) is 7.20. The van der Waals surface area contributed by atoms with Crippen molar-refractivity contribution >= 4 is 5.91 Å². The molecule has 0 saturated carbocycles. The minimum absolute atomic E-state index is 0.367. The van der Waals surface area contributed by atoms with Crippen LogP contribution in [-0.4, -0.2) is 5.91 Å². The van der Waals surface area contributed by atoms with Crippen LogP contribution in [0, 0.1) is 27.6 Å². The second-order valence-electron chi connectivity index (χ2n) is 11.7. The van der Waals surface area contributed by atoms with Crippen LogP contribution >= 0.6 is 0 Å². The van der Waals surface area contributed by atoms with Crippen molar-refractivity contribution in [2.45, 2.75) is 86.3 Å². The van der Waals surface area contributed by atoms with Crippen LogP contribution in [0.5, 0.6) is 5.75 Å². The topological polar surface area (TPSA) is 81.8 Å². The molecule has 35 heavy (non-hydrogen) atoms. The maximum atomic E-state index is 13.4. The summed E-state index contributed by atoms with van der Waals surface area (Å²) in [7, 11) is 0. The van der Waals surface area contributed by atoms with E-state index in [4.69, 9.17) is 10.5 Å². The lowest BCUT2D eigenvalue weighted by molar-refractivity contribution is -0.139. The van der Waals surface area contributed by atoms with Crippen LogP contribution in [0.3, 0.4) is 0 Å². The van der Waals surface area contributed by atoms with Gasteiger partial charge in [0, 0.05) is 0 Å². The number of nitrogens with zero attached hydrogens (tertiary/aromatic N) is 1. The van der Waals surface area contributed by atoms with Crippen LogP contribution in [0.2, 0.25) is 0 Å². The van der Waals surface area contributed by atoms with Crippen molar-refractivity contribution in [3.8, 4) is 5.75 Å². The molecule has 0 radical (unpaired) electrons. The molecule has 0 bridgehead atoms. The molecule has 0 aromatic heterocycles. The van der Waals surface area contributed by atoms with E-state index < -0.39 is 22.3 Å². The van der Waals surface area contributed by atoms with Gasteiger partial charge in [0.05, 0.1) is 5.41 Å². The third-order valence-corrected chi connectivity index (χ3v) is 7.20. The number of ether oxygens (including phenoxy) is 1. The van der Waals surface area contributed by atoms with Crippen molar-refractivity contribution in [2.24, 2.45) is 33.6 Å². The molecule has 0 aliphatic rings. The van der Waals surface area contributed by atoms with Gasteiger partial charge in [-0.2, -0.15) is 0 Å². The zero-order valence-electron chi connectivity index (χ0n) is 22.6. The molecular formula is C30H44N2O3. The van der Waals surface area contributed by atoms with Gasteiger partial charge in [-0.25, -0.2) is 0 Å². The normalized spacial score (nSPS) is 14.1. The van der Waals surface area contributed by atoms with Gasteiger partial charge < -0.3 is 10.5 Å². The van der Waals surface area contributed by atoms with E-state index in [9.17, 15) is 9.70 Å². The average molecular weight is 481 g/mol. The maximum Gasteiger partial charge on any atom is 0.226 e. The largest absolute Gasteiger partial charge is 0.489 e. The van der Waals surface area contributed by atoms with E-state index >= 15 is 0 Å². The first kappa shape index (κ1) is 28.5. The molecule has 0 saturated heterocycles. The highest BCUT2D eigenvalue weighted by molar-refractivity contribution is 5.83. The molecule has 2 aromatic carbocycles. The molecule has 1 amide bonds. The third kappa shape index (κ3) is 6.31. The highest BCUT2D eigenvalue weighted by atomic mass is 16.5. The van der Waals surface area contributed by atoms with E-state index in [1.165, 1.54) is 0 Å². The summed E-state index contributed by atoms with van der Waals surface area (Å²) in [5.74, 6) is 0.981. The quantitative estimate of drug-likeness (QED) is 0.299. The van der Waals surface area contributed by atoms with Crippen LogP contribution in [-0.2, 0) is 16.9 Å². The molecule has 2 rings (SSSR count). The number of rotatable bonds is 13. The Morgan fingerprint density at radius 2 is 1.40 bits per heavy atom. The van der Waals surface area contributed by atoms with Crippen LogP contribution in [0.25, 0.3) is 0 Å². The van der Waals surface area contributed by atoms with Gasteiger partial charge in [-0.1, -0.05) is 96.1 Å². The van der Waals surface area contributed by atoms with Gasteiger partial charge in [0.2, 0.25) is 5.91 Å². The first-order chi connectivity index (χ1) is 16.4. The van der Waals surface area contributed by atoms with Crippen molar-refractivity contribution in [1.82, 2.24) is 0 Å². The Labute approximate surface area is 211 Å². The van der Waals surface area contributed by atoms with Gasteiger partial charge in [0.25, 0.3) is 0 Å². The Hall–Kier alpha value is -2.69. The van der Waals surface area contributed by atoms with Crippen molar-refractivity contribution in [3.05, 3.63) is 70.6 Å². The number of primary amides is 1. The average Bonchev–Trinajstić information content (AvgIpc) is 2.79. The molecule has 0 spiro atoms. The minimum Gasteiger partial charge on any atom is -0.489 e. The molecule has 1 unspecified atom stereocenters. The summed E-state index contributed by atoms with van der Waals surface area (Å²) in [5.41, 5.74) is 4.92. The molecule has 1 atom stereocenters. The molecule has 5 nitrogen and oxygen atoms in total. The molecule has 0 fully saturated rings. The fourth-order valence-electron chi connectivity index (χ4n) is 5.22. The van der Waals surface area contributed by atoms with Crippen molar-refractivity contribution in [3.63, 3.8) is 0 Å². The number of carbonyl (C=O) groups excluding carboxylic acids is 1. The van der Waals surface area contributed by atoms with Crippen LogP contribution < -0.4 is 10.5 Å². The standard InChI is InChI=1S/C30H44N2O3/c1-22(2)17-19-29(27(31)33,20-18-23(3)4)30(32-34,28(5,6)7)25-13-15-26(16-14-25)35-21-24-11-9-8-10-12-24/h8-16,22-23H,17-21H2,1-7H3,(H2,31,33). The number of nitroso groups, excluding NO2 is 1. The number of amides is 1. The zero-order chi connectivity index (χ0) is 26.3. The lowest BCUT2D eigenvalue weighted by atomic mass is 9.51. The van der Waals surface area contributed by atoms with Crippen molar-refractivity contribution in [2.75, 3.05) is 0 Å². The molecule has 2 N–H and O–H groups in total. The Morgan fingerprint density at radius 3 is 1.80 bits per heavy atom. The summed E-state index contributed by atoms with van der Waals surface area (Å²) < 4.78 is 5.97. The van der Waals surface area contributed by atoms with Gasteiger partial charge >= 0.3 is 0 Å². The molecular weight excluding hydrogens is 436 g/mol. The summed E-state index contributed by atoms with van der Waals surface area (Å²) in [6.45, 7) is 14.9.